The number of hydrogen-bond acceptors (Lipinski definition) is 2. The van der Waals surface area contributed by atoms with E-state index in [2.05, 4.69) is 27.9 Å². The third kappa shape index (κ3) is 3.71. The van der Waals surface area contributed by atoms with Gasteiger partial charge in [-0.3, -0.25) is 9.59 Å². The molecule has 0 atom stereocenters. The molecule has 3 nitrogen and oxygen atoms in total. The SMILES string of the molecule is O=C(Nc1ccccc1C(=O)c1ccccc1)c1ccc(I)cc1. The van der Waals surface area contributed by atoms with Gasteiger partial charge in [0.1, 0.15) is 0 Å². The summed E-state index contributed by atoms with van der Waals surface area (Å²) in [5.41, 5.74) is 2.13. The Morgan fingerprint density at radius 2 is 1.33 bits per heavy atom. The van der Waals surface area contributed by atoms with Crippen molar-refractivity contribution in [2.75, 3.05) is 5.32 Å². The Morgan fingerprint density at radius 3 is 2.04 bits per heavy atom. The van der Waals surface area contributed by atoms with Crippen molar-refractivity contribution in [2.24, 2.45) is 0 Å². The number of ketones is 1. The van der Waals surface area contributed by atoms with Crippen LogP contribution in [-0.4, -0.2) is 11.7 Å². The molecule has 0 bridgehead atoms. The molecule has 0 aliphatic heterocycles. The third-order valence-corrected chi connectivity index (χ3v) is 4.28. The van der Waals surface area contributed by atoms with Crippen LogP contribution < -0.4 is 5.32 Å². The minimum atomic E-state index is -0.236. The average Bonchev–Trinajstić information content (AvgIpc) is 2.63. The first kappa shape index (κ1) is 16.4. The van der Waals surface area contributed by atoms with Gasteiger partial charge in [0.15, 0.2) is 5.78 Å². The van der Waals surface area contributed by atoms with Gasteiger partial charge in [-0.15, -0.1) is 0 Å². The first-order valence-corrected chi connectivity index (χ1v) is 8.49. The second kappa shape index (κ2) is 7.40. The fourth-order valence-electron chi connectivity index (χ4n) is 2.33. The van der Waals surface area contributed by atoms with E-state index in [-0.39, 0.29) is 11.7 Å². The van der Waals surface area contributed by atoms with E-state index in [1.165, 1.54) is 0 Å². The highest BCUT2D eigenvalue weighted by molar-refractivity contribution is 14.1. The molecule has 0 fully saturated rings. The second-order valence-corrected chi connectivity index (χ2v) is 6.45. The van der Waals surface area contributed by atoms with Crippen LogP contribution in [0.25, 0.3) is 0 Å². The minimum absolute atomic E-state index is 0.117. The van der Waals surface area contributed by atoms with Crippen molar-refractivity contribution in [1.29, 1.82) is 0 Å². The number of hydrogen-bond donors (Lipinski definition) is 1. The molecule has 0 saturated heterocycles. The van der Waals surface area contributed by atoms with Gasteiger partial charge in [0.05, 0.1) is 5.69 Å². The van der Waals surface area contributed by atoms with Crippen LogP contribution in [0.3, 0.4) is 0 Å². The molecule has 0 aliphatic carbocycles. The second-order valence-electron chi connectivity index (χ2n) is 5.20. The number of amides is 1. The number of nitrogens with one attached hydrogen (secondary N) is 1. The van der Waals surface area contributed by atoms with E-state index in [1.807, 2.05) is 30.3 Å². The quantitative estimate of drug-likeness (QED) is 0.482. The topological polar surface area (TPSA) is 46.2 Å². The van der Waals surface area contributed by atoms with Gasteiger partial charge < -0.3 is 5.32 Å². The van der Waals surface area contributed by atoms with Gasteiger partial charge in [-0.25, -0.2) is 0 Å². The molecular formula is C20H14INO2. The van der Waals surface area contributed by atoms with Gasteiger partial charge in [0.25, 0.3) is 5.91 Å². The Kier molecular flexibility index (Phi) is 5.05. The Labute approximate surface area is 153 Å². The van der Waals surface area contributed by atoms with Gasteiger partial charge in [0, 0.05) is 20.3 Å². The standard InChI is InChI=1S/C20H14INO2/c21-16-12-10-15(11-13-16)20(24)22-18-9-5-4-8-17(18)19(23)14-6-2-1-3-7-14/h1-13H,(H,22,24). The Morgan fingerprint density at radius 1 is 0.708 bits per heavy atom. The maximum atomic E-state index is 12.7. The molecular weight excluding hydrogens is 413 g/mol. The summed E-state index contributed by atoms with van der Waals surface area (Å²) in [6, 6.07) is 23.3. The van der Waals surface area contributed by atoms with E-state index in [9.17, 15) is 9.59 Å². The summed E-state index contributed by atoms with van der Waals surface area (Å²) in [6.07, 6.45) is 0. The van der Waals surface area contributed by atoms with Crippen LogP contribution in [0.4, 0.5) is 5.69 Å². The minimum Gasteiger partial charge on any atom is -0.321 e. The summed E-state index contributed by atoms with van der Waals surface area (Å²) in [7, 11) is 0. The highest BCUT2D eigenvalue weighted by Crippen LogP contribution is 2.20. The Hall–Kier alpha value is -2.47. The molecule has 0 unspecified atom stereocenters. The van der Waals surface area contributed by atoms with Gasteiger partial charge >= 0.3 is 0 Å². The summed E-state index contributed by atoms with van der Waals surface area (Å²) in [5, 5.41) is 2.83. The van der Waals surface area contributed by atoms with Gasteiger partial charge in [-0.05, 0) is 59.0 Å². The number of carbonyl (C=O) groups excluding carboxylic acids is 2. The largest absolute Gasteiger partial charge is 0.321 e. The lowest BCUT2D eigenvalue weighted by molar-refractivity contribution is 0.102. The number of para-hydroxylation sites is 1. The van der Waals surface area contributed by atoms with E-state index in [0.717, 1.165) is 3.57 Å². The summed E-state index contributed by atoms with van der Waals surface area (Å²) in [6.45, 7) is 0. The fourth-order valence-corrected chi connectivity index (χ4v) is 2.69. The molecule has 1 amide bonds. The van der Waals surface area contributed by atoms with Crippen molar-refractivity contribution < 1.29 is 9.59 Å². The van der Waals surface area contributed by atoms with Crippen LogP contribution in [0.5, 0.6) is 0 Å². The smallest absolute Gasteiger partial charge is 0.255 e. The summed E-state index contributed by atoms with van der Waals surface area (Å²) < 4.78 is 1.06. The normalized spacial score (nSPS) is 10.2. The molecule has 3 rings (SSSR count). The third-order valence-electron chi connectivity index (χ3n) is 3.56. The summed E-state index contributed by atoms with van der Waals surface area (Å²) in [5.74, 6) is -0.353. The first-order chi connectivity index (χ1) is 11.6. The molecule has 3 aromatic carbocycles. The zero-order valence-corrected chi connectivity index (χ0v) is 14.9. The molecule has 0 spiro atoms. The molecule has 0 saturated carbocycles. The number of benzene rings is 3. The molecule has 0 radical (unpaired) electrons. The maximum Gasteiger partial charge on any atom is 0.255 e. The van der Waals surface area contributed by atoms with Crippen molar-refractivity contribution >= 4 is 40.0 Å². The van der Waals surface area contributed by atoms with E-state index < -0.39 is 0 Å². The fraction of sp³-hybridized carbons (Fsp3) is 0. The first-order valence-electron chi connectivity index (χ1n) is 7.41. The number of rotatable bonds is 4. The predicted octanol–water partition coefficient (Wildman–Crippen LogP) is 4.77. The van der Waals surface area contributed by atoms with E-state index in [0.29, 0.717) is 22.4 Å². The van der Waals surface area contributed by atoms with Crippen molar-refractivity contribution in [1.82, 2.24) is 0 Å². The molecule has 0 heterocycles. The molecule has 4 heteroatoms. The highest BCUT2D eigenvalue weighted by atomic mass is 127. The number of anilines is 1. The van der Waals surface area contributed by atoms with Gasteiger partial charge in [-0.1, -0.05) is 42.5 Å². The number of carbonyl (C=O) groups is 2. The van der Waals surface area contributed by atoms with Crippen molar-refractivity contribution in [2.45, 2.75) is 0 Å². The molecule has 118 valence electrons. The van der Waals surface area contributed by atoms with Crippen LogP contribution >= 0.6 is 22.6 Å². The van der Waals surface area contributed by atoms with Crippen LogP contribution in [-0.2, 0) is 0 Å². The average molecular weight is 427 g/mol. The Balaban J connectivity index is 1.88. The van der Waals surface area contributed by atoms with Crippen LogP contribution in [0.15, 0.2) is 78.9 Å². The zero-order valence-electron chi connectivity index (χ0n) is 12.7. The van der Waals surface area contributed by atoms with Crippen molar-refractivity contribution in [3.63, 3.8) is 0 Å². The monoisotopic (exact) mass is 427 g/mol. The summed E-state index contributed by atoms with van der Waals surface area (Å²) >= 11 is 2.19. The van der Waals surface area contributed by atoms with Gasteiger partial charge in [-0.2, -0.15) is 0 Å². The van der Waals surface area contributed by atoms with E-state index in [1.54, 1.807) is 48.5 Å². The lowest BCUT2D eigenvalue weighted by Crippen LogP contribution is -2.15. The molecule has 0 aliphatic rings. The van der Waals surface area contributed by atoms with Gasteiger partial charge in [0.2, 0.25) is 0 Å². The van der Waals surface area contributed by atoms with E-state index in [4.69, 9.17) is 0 Å². The molecule has 24 heavy (non-hydrogen) atoms. The Bertz CT molecular complexity index is 874. The van der Waals surface area contributed by atoms with Crippen molar-refractivity contribution in [3.05, 3.63) is 99.1 Å². The zero-order chi connectivity index (χ0) is 16.9. The van der Waals surface area contributed by atoms with Crippen LogP contribution in [0.2, 0.25) is 0 Å². The highest BCUT2D eigenvalue weighted by Gasteiger charge is 2.15. The lowest BCUT2D eigenvalue weighted by atomic mass is 10.0. The predicted molar refractivity (Wildman–Crippen MR) is 103 cm³/mol. The molecule has 3 aromatic rings. The molecule has 1 N–H and O–H groups in total. The van der Waals surface area contributed by atoms with Crippen molar-refractivity contribution in [3.8, 4) is 0 Å². The van der Waals surface area contributed by atoms with Crippen LogP contribution in [0.1, 0.15) is 26.3 Å². The van der Waals surface area contributed by atoms with E-state index >= 15 is 0 Å². The number of halogens is 1. The molecule has 0 aromatic heterocycles. The maximum absolute atomic E-state index is 12.7. The van der Waals surface area contributed by atoms with Crippen LogP contribution in [0, 0.1) is 3.57 Å². The summed E-state index contributed by atoms with van der Waals surface area (Å²) in [4.78, 5) is 25.1. The lowest BCUT2D eigenvalue weighted by Gasteiger charge is -2.10.